The first-order valence-corrected chi connectivity index (χ1v) is 18.5. The van der Waals surface area contributed by atoms with Crippen LogP contribution < -0.4 is 14.2 Å². The van der Waals surface area contributed by atoms with Crippen LogP contribution in [0.25, 0.3) is 0 Å². The van der Waals surface area contributed by atoms with Gasteiger partial charge in [0.15, 0.2) is 11.5 Å². The number of hydrogen-bond acceptors (Lipinski definition) is 7. The SMILES string of the molecule is C#C[C@]1(C)CC[C@]2(C)CC[C@]3(C)C4=CC(Sc5ccc(OC(C)=O)cc5)c5c(cc(OC(C)=O)c(OC(C)=O)c5C)[C@]4(C)CC[C@@]3(C)[C@@H]2C1. The number of esters is 3. The third kappa shape index (κ3) is 5.72. The Morgan fingerprint density at radius 3 is 2.08 bits per heavy atom. The van der Waals surface area contributed by atoms with Crippen molar-refractivity contribution >= 4 is 29.7 Å². The number of allylic oxidation sites excluding steroid dienone is 1. The second-order valence-corrected chi connectivity index (χ2v) is 17.6. The predicted molar refractivity (Wildman–Crippen MR) is 193 cm³/mol. The van der Waals surface area contributed by atoms with Crippen molar-refractivity contribution in [1.29, 1.82) is 0 Å². The van der Waals surface area contributed by atoms with Gasteiger partial charge in [-0.25, -0.2) is 0 Å². The van der Waals surface area contributed by atoms with Crippen molar-refractivity contribution in [2.75, 3.05) is 0 Å². The highest BCUT2D eigenvalue weighted by Gasteiger charge is 2.66. The fourth-order valence-corrected chi connectivity index (χ4v) is 11.5. The number of ether oxygens (including phenoxy) is 3. The van der Waals surface area contributed by atoms with E-state index in [1.807, 2.05) is 37.3 Å². The number of terminal acetylenes is 1. The van der Waals surface area contributed by atoms with Crippen molar-refractivity contribution in [1.82, 2.24) is 0 Å². The lowest BCUT2D eigenvalue weighted by Crippen LogP contribution is -2.62. The number of fused-ring (bicyclic) bond motifs is 7. The molecular formula is C42H50O6S. The first kappa shape index (κ1) is 35.3. The molecule has 7 heteroatoms. The van der Waals surface area contributed by atoms with Crippen LogP contribution in [0.15, 0.2) is 46.9 Å². The Bertz CT molecular complexity index is 1800. The zero-order valence-corrected chi connectivity index (χ0v) is 31.3. The summed E-state index contributed by atoms with van der Waals surface area (Å²) in [6, 6.07) is 9.57. The molecule has 260 valence electrons. The summed E-state index contributed by atoms with van der Waals surface area (Å²) in [7, 11) is 0. The molecule has 4 aliphatic carbocycles. The highest BCUT2D eigenvalue weighted by atomic mass is 32.2. The summed E-state index contributed by atoms with van der Waals surface area (Å²) in [5.74, 6) is 3.46. The highest BCUT2D eigenvalue weighted by molar-refractivity contribution is 7.99. The van der Waals surface area contributed by atoms with Crippen LogP contribution in [0.4, 0.5) is 0 Å². The Balaban J connectivity index is 1.54. The molecule has 2 aromatic rings. The first-order chi connectivity index (χ1) is 22.9. The van der Waals surface area contributed by atoms with Gasteiger partial charge in [-0.2, -0.15) is 0 Å². The van der Waals surface area contributed by atoms with Gasteiger partial charge in [0.05, 0.1) is 5.25 Å². The van der Waals surface area contributed by atoms with Crippen LogP contribution in [0.1, 0.15) is 122 Å². The molecular weight excluding hydrogens is 633 g/mol. The summed E-state index contributed by atoms with van der Waals surface area (Å²) < 4.78 is 16.9. The van der Waals surface area contributed by atoms with Crippen molar-refractivity contribution in [2.24, 2.45) is 27.6 Å². The van der Waals surface area contributed by atoms with Gasteiger partial charge in [0.25, 0.3) is 0 Å². The zero-order valence-electron chi connectivity index (χ0n) is 30.5. The summed E-state index contributed by atoms with van der Waals surface area (Å²) >= 11 is 1.72. The molecule has 6 rings (SSSR count). The van der Waals surface area contributed by atoms with Gasteiger partial charge in [-0.15, -0.1) is 24.1 Å². The Morgan fingerprint density at radius 1 is 0.837 bits per heavy atom. The lowest BCUT2D eigenvalue weighted by atomic mass is 9.34. The minimum absolute atomic E-state index is 0.0354. The summed E-state index contributed by atoms with van der Waals surface area (Å²) in [6.07, 6.45) is 16.2. The normalized spacial score (nSPS) is 34.5. The van der Waals surface area contributed by atoms with Gasteiger partial charge in [0.1, 0.15) is 5.75 Å². The molecule has 0 N–H and O–H groups in total. The van der Waals surface area contributed by atoms with Crippen molar-refractivity contribution < 1.29 is 28.6 Å². The standard InChI is InChI=1S/C42H50O6S/c1-11-38(6)16-17-39(7)18-20-41(9)34-23-33(49-30-14-12-29(13-15-30)46-26(3)43)36-25(2)37(48-28(5)45)32(47-27(4)44)22-31(36)40(34,8)19-21-42(41,10)35(39)24-38/h1,12-15,22-23,33,35H,16-21,24H2,2-10H3/t33?,35-,38-,39-,40+,41-,42+/m1/s1. The van der Waals surface area contributed by atoms with Gasteiger partial charge >= 0.3 is 17.9 Å². The molecule has 1 unspecified atom stereocenters. The number of carbonyl (C=O) groups is 3. The van der Waals surface area contributed by atoms with Gasteiger partial charge in [-0.1, -0.05) is 39.3 Å². The lowest BCUT2D eigenvalue weighted by Gasteiger charge is -2.70. The molecule has 0 saturated heterocycles. The fourth-order valence-electron chi connectivity index (χ4n) is 10.3. The van der Waals surface area contributed by atoms with Gasteiger partial charge in [0, 0.05) is 42.1 Å². The Kier molecular flexibility index (Phi) is 8.71. The smallest absolute Gasteiger partial charge is 0.308 e. The number of rotatable bonds is 5. The van der Waals surface area contributed by atoms with E-state index in [-0.39, 0.29) is 49.8 Å². The van der Waals surface area contributed by atoms with Crippen LogP contribution in [0.5, 0.6) is 17.2 Å². The van der Waals surface area contributed by atoms with Crippen molar-refractivity contribution in [3.05, 3.63) is 58.7 Å². The summed E-state index contributed by atoms with van der Waals surface area (Å²) in [4.78, 5) is 37.3. The van der Waals surface area contributed by atoms with Gasteiger partial charge in [-0.05, 0) is 122 Å². The average Bonchev–Trinajstić information content (AvgIpc) is 3.02. The van der Waals surface area contributed by atoms with E-state index in [0.717, 1.165) is 66.5 Å². The van der Waals surface area contributed by atoms with Crippen LogP contribution in [0, 0.1) is 46.8 Å². The second kappa shape index (κ2) is 12.1. The largest absolute Gasteiger partial charge is 0.427 e. The van der Waals surface area contributed by atoms with E-state index in [1.54, 1.807) is 11.8 Å². The maximum Gasteiger partial charge on any atom is 0.308 e. The Labute approximate surface area is 296 Å². The summed E-state index contributed by atoms with van der Waals surface area (Å²) in [6.45, 7) is 18.3. The van der Waals surface area contributed by atoms with Crippen molar-refractivity contribution in [2.45, 2.75) is 123 Å². The topological polar surface area (TPSA) is 78.9 Å². The van der Waals surface area contributed by atoms with E-state index < -0.39 is 11.9 Å². The highest BCUT2D eigenvalue weighted by Crippen LogP contribution is 2.75. The summed E-state index contributed by atoms with van der Waals surface area (Å²) in [5.41, 5.74) is 4.20. The van der Waals surface area contributed by atoms with Gasteiger partial charge in [0.2, 0.25) is 0 Å². The molecule has 0 radical (unpaired) electrons. The third-order valence-corrected chi connectivity index (χ3v) is 14.4. The van der Waals surface area contributed by atoms with Crippen LogP contribution >= 0.6 is 11.8 Å². The van der Waals surface area contributed by atoms with E-state index >= 15 is 0 Å². The average molecular weight is 683 g/mol. The van der Waals surface area contributed by atoms with Crippen LogP contribution in [-0.4, -0.2) is 17.9 Å². The molecule has 3 saturated carbocycles. The van der Waals surface area contributed by atoms with E-state index in [9.17, 15) is 14.4 Å². The molecule has 0 bridgehead atoms. The Hall–Kier alpha value is -3.50. The predicted octanol–water partition coefficient (Wildman–Crippen LogP) is 9.85. The zero-order chi connectivity index (χ0) is 35.7. The molecule has 0 aliphatic heterocycles. The van der Waals surface area contributed by atoms with Gasteiger partial charge < -0.3 is 14.2 Å². The van der Waals surface area contributed by atoms with E-state index in [4.69, 9.17) is 20.6 Å². The van der Waals surface area contributed by atoms with E-state index in [1.165, 1.54) is 26.3 Å². The number of thioether (sulfide) groups is 1. The van der Waals surface area contributed by atoms with Gasteiger partial charge in [-0.3, -0.25) is 14.4 Å². The van der Waals surface area contributed by atoms with E-state index in [2.05, 4.69) is 46.6 Å². The Morgan fingerprint density at radius 2 is 1.47 bits per heavy atom. The molecule has 4 aliphatic rings. The molecule has 7 atom stereocenters. The molecule has 0 aromatic heterocycles. The summed E-state index contributed by atoms with van der Waals surface area (Å²) in [5, 5.41) is -0.117. The maximum atomic E-state index is 12.4. The molecule has 3 fully saturated rings. The van der Waals surface area contributed by atoms with Crippen LogP contribution in [0.2, 0.25) is 0 Å². The molecule has 6 nitrogen and oxygen atoms in total. The fraction of sp³-hybridized carbons (Fsp3) is 0.548. The first-order valence-electron chi connectivity index (χ1n) is 17.6. The van der Waals surface area contributed by atoms with E-state index in [0.29, 0.717) is 11.7 Å². The third-order valence-electron chi connectivity index (χ3n) is 13.2. The number of hydrogen-bond donors (Lipinski definition) is 0. The quantitative estimate of drug-likeness (QED) is 0.134. The second-order valence-electron chi connectivity index (χ2n) is 16.4. The monoisotopic (exact) mass is 682 g/mol. The van der Waals surface area contributed by atoms with Crippen molar-refractivity contribution in [3.63, 3.8) is 0 Å². The molecule has 49 heavy (non-hydrogen) atoms. The maximum absolute atomic E-state index is 12.4. The molecule has 2 aromatic carbocycles. The number of benzene rings is 2. The minimum atomic E-state index is -0.474. The van der Waals surface area contributed by atoms with Crippen molar-refractivity contribution in [3.8, 4) is 29.6 Å². The molecule has 0 heterocycles. The molecule has 0 spiro atoms. The number of carbonyl (C=O) groups excluding carboxylic acids is 3. The van der Waals surface area contributed by atoms with Crippen LogP contribution in [0.3, 0.4) is 0 Å². The minimum Gasteiger partial charge on any atom is -0.427 e. The van der Waals surface area contributed by atoms with Crippen LogP contribution in [-0.2, 0) is 19.8 Å². The molecule has 0 amide bonds. The lowest BCUT2D eigenvalue weighted by molar-refractivity contribution is -0.152.